The van der Waals surface area contributed by atoms with Crippen LogP contribution in [0.1, 0.15) is 10.6 Å². The minimum atomic E-state index is -0.125. The van der Waals surface area contributed by atoms with Crippen molar-refractivity contribution >= 4 is 23.3 Å². The molecule has 2 rings (SSSR count). The largest absolute Gasteiger partial charge is 0.504 e. The highest BCUT2D eigenvalue weighted by atomic mass is 32.1. The molecule has 1 heterocycles. The average Bonchev–Trinajstić information content (AvgIpc) is 2.97. The predicted molar refractivity (Wildman–Crippen MR) is 82.3 cm³/mol. The lowest BCUT2D eigenvalue weighted by atomic mass is 10.2. The van der Waals surface area contributed by atoms with E-state index in [-0.39, 0.29) is 11.7 Å². The molecule has 1 N–H and O–H groups in total. The van der Waals surface area contributed by atoms with Crippen molar-refractivity contribution in [3.63, 3.8) is 0 Å². The van der Waals surface area contributed by atoms with Gasteiger partial charge in [-0.05, 0) is 23.8 Å². The van der Waals surface area contributed by atoms with Gasteiger partial charge in [0.15, 0.2) is 11.5 Å². The Hall–Kier alpha value is -2.34. The number of benzene rings is 1. The average molecular weight is 304 g/mol. The van der Waals surface area contributed by atoms with Gasteiger partial charge in [-0.25, -0.2) is 4.98 Å². The van der Waals surface area contributed by atoms with Crippen LogP contribution in [0.15, 0.2) is 35.9 Å². The fourth-order valence-electron chi connectivity index (χ4n) is 1.72. The second-order valence-corrected chi connectivity index (χ2v) is 5.36. The lowest BCUT2D eigenvalue weighted by molar-refractivity contribution is -0.125. The molecule has 1 aromatic carbocycles. The number of phenolic OH excluding ortho intramolecular Hbond substituents is 1. The Morgan fingerprint density at radius 2 is 2.33 bits per heavy atom. The topological polar surface area (TPSA) is 62.7 Å². The van der Waals surface area contributed by atoms with E-state index in [4.69, 9.17) is 4.74 Å². The third-order valence-electron chi connectivity index (χ3n) is 2.85. The summed E-state index contributed by atoms with van der Waals surface area (Å²) in [5.74, 6) is 0.322. The van der Waals surface area contributed by atoms with E-state index in [9.17, 15) is 9.90 Å². The fourth-order valence-corrected chi connectivity index (χ4v) is 2.39. The lowest BCUT2D eigenvalue weighted by Crippen LogP contribution is -2.23. The third-order valence-corrected chi connectivity index (χ3v) is 3.62. The molecule has 0 spiro atoms. The Labute approximate surface area is 127 Å². The maximum Gasteiger partial charge on any atom is 0.246 e. The van der Waals surface area contributed by atoms with Crippen molar-refractivity contribution in [3.05, 3.63) is 46.4 Å². The first-order valence-corrected chi connectivity index (χ1v) is 7.16. The number of methoxy groups -OCH3 is 1. The summed E-state index contributed by atoms with van der Waals surface area (Å²) in [5, 5.41) is 12.4. The van der Waals surface area contributed by atoms with E-state index in [1.165, 1.54) is 24.5 Å². The van der Waals surface area contributed by atoms with E-state index < -0.39 is 0 Å². The molecule has 0 fully saturated rings. The van der Waals surface area contributed by atoms with Gasteiger partial charge in [-0.3, -0.25) is 4.79 Å². The highest BCUT2D eigenvalue weighted by Gasteiger charge is 2.07. The number of nitrogens with zero attached hydrogens (tertiary/aromatic N) is 2. The fraction of sp³-hybridized carbons (Fsp3) is 0.200. The second-order valence-electron chi connectivity index (χ2n) is 4.38. The first-order valence-electron chi connectivity index (χ1n) is 6.28. The number of ether oxygens (including phenoxy) is 1. The van der Waals surface area contributed by atoms with Crippen LogP contribution in [0.5, 0.6) is 11.5 Å². The number of rotatable bonds is 5. The zero-order valence-electron chi connectivity index (χ0n) is 11.8. The second kappa shape index (κ2) is 6.90. The summed E-state index contributed by atoms with van der Waals surface area (Å²) in [7, 11) is 3.21. The van der Waals surface area contributed by atoms with Crippen LogP contribution in [0.2, 0.25) is 0 Å². The summed E-state index contributed by atoms with van der Waals surface area (Å²) in [6.07, 6.45) is 4.84. The molecule has 0 bridgehead atoms. The van der Waals surface area contributed by atoms with Gasteiger partial charge in [0, 0.05) is 24.7 Å². The van der Waals surface area contributed by atoms with Crippen molar-refractivity contribution in [2.45, 2.75) is 6.54 Å². The molecule has 0 atom stereocenters. The highest BCUT2D eigenvalue weighted by Crippen LogP contribution is 2.26. The Balaban J connectivity index is 1.99. The molecule has 1 aromatic heterocycles. The third kappa shape index (κ3) is 4.06. The smallest absolute Gasteiger partial charge is 0.246 e. The molecular weight excluding hydrogens is 288 g/mol. The number of hydrogen-bond donors (Lipinski definition) is 1. The van der Waals surface area contributed by atoms with Crippen LogP contribution in [0.25, 0.3) is 6.08 Å². The molecule has 1 amide bonds. The van der Waals surface area contributed by atoms with Crippen LogP contribution < -0.4 is 4.74 Å². The van der Waals surface area contributed by atoms with E-state index in [0.29, 0.717) is 12.3 Å². The molecule has 110 valence electrons. The van der Waals surface area contributed by atoms with Crippen LogP contribution >= 0.6 is 11.3 Å². The van der Waals surface area contributed by atoms with E-state index in [0.717, 1.165) is 10.6 Å². The zero-order chi connectivity index (χ0) is 15.2. The zero-order valence-corrected chi connectivity index (χ0v) is 12.6. The molecular formula is C15H16N2O3S. The Morgan fingerprint density at radius 1 is 1.52 bits per heavy atom. The van der Waals surface area contributed by atoms with Gasteiger partial charge >= 0.3 is 0 Å². The number of aromatic nitrogens is 1. The summed E-state index contributed by atoms with van der Waals surface area (Å²) in [6.45, 7) is 0.481. The van der Waals surface area contributed by atoms with Gasteiger partial charge in [0.25, 0.3) is 0 Å². The maximum absolute atomic E-state index is 12.0. The first-order chi connectivity index (χ1) is 10.1. The predicted octanol–water partition coefficient (Wildman–Crippen LogP) is 2.53. The summed E-state index contributed by atoms with van der Waals surface area (Å²) in [6, 6.07) is 4.96. The first kappa shape index (κ1) is 15.1. The van der Waals surface area contributed by atoms with Crippen molar-refractivity contribution in [2.24, 2.45) is 0 Å². The Bertz CT molecular complexity index is 638. The van der Waals surface area contributed by atoms with E-state index in [1.807, 2.05) is 5.38 Å². The normalized spacial score (nSPS) is 10.8. The summed E-state index contributed by atoms with van der Waals surface area (Å²) >= 11 is 1.51. The van der Waals surface area contributed by atoms with E-state index in [2.05, 4.69) is 4.98 Å². The number of carbonyl (C=O) groups is 1. The molecule has 0 unspecified atom stereocenters. The van der Waals surface area contributed by atoms with Gasteiger partial charge in [-0.15, -0.1) is 11.3 Å². The number of phenols is 1. The van der Waals surface area contributed by atoms with Crippen LogP contribution in [0, 0.1) is 0 Å². The van der Waals surface area contributed by atoms with E-state index >= 15 is 0 Å². The number of aromatic hydroxyl groups is 1. The maximum atomic E-state index is 12.0. The molecule has 0 saturated carbocycles. The van der Waals surface area contributed by atoms with Crippen molar-refractivity contribution in [2.75, 3.05) is 14.2 Å². The van der Waals surface area contributed by atoms with E-state index in [1.54, 1.807) is 42.4 Å². The molecule has 0 radical (unpaired) electrons. The molecule has 21 heavy (non-hydrogen) atoms. The number of hydrogen-bond acceptors (Lipinski definition) is 5. The van der Waals surface area contributed by atoms with Gasteiger partial charge in [0.05, 0.1) is 13.7 Å². The molecule has 0 aliphatic carbocycles. The summed E-state index contributed by atoms with van der Waals surface area (Å²) in [4.78, 5) is 17.7. The standard InChI is InChI=1S/C15H16N2O3S/c1-17(10-14-16-7-8-21-14)15(19)6-4-11-3-5-13(20-2)12(18)9-11/h3-9,18H,10H2,1-2H3. The molecule has 0 aliphatic heterocycles. The van der Waals surface area contributed by atoms with Gasteiger partial charge < -0.3 is 14.7 Å². The Kier molecular flexibility index (Phi) is 4.94. The minimum absolute atomic E-state index is 0.0447. The molecule has 0 saturated heterocycles. The molecule has 6 heteroatoms. The van der Waals surface area contributed by atoms with Crippen LogP contribution in [0.4, 0.5) is 0 Å². The van der Waals surface area contributed by atoms with Crippen molar-refractivity contribution in [1.82, 2.24) is 9.88 Å². The van der Waals surface area contributed by atoms with Crippen LogP contribution in [-0.4, -0.2) is 35.1 Å². The van der Waals surface area contributed by atoms with Gasteiger partial charge in [-0.1, -0.05) is 6.07 Å². The number of amides is 1. The number of thiazole rings is 1. The number of likely N-dealkylation sites (N-methyl/N-ethyl adjacent to an activating group) is 1. The monoisotopic (exact) mass is 304 g/mol. The minimum Gasteiger partial charge on any atom is -0.504 e. The molecule has 0 aliphatic rings. The molecule has 5 nitrogen and oxygen atoms in total. The SMILES string of the molecule is COc1ccc(C=CC(=O)N(C)Cc2nccs2)cc1O. The Morgan fingerprint density at radius 3 is 2.95 bits per heavy atom. The van der Waals surface area contributed by atoms with Crippen molar-refractivity contribution in [1.29, 1.82) is 0 Å². The van der Waals surface area contributed by atoms with Gasteiger partial charge in [0.2, 0.25) is 5.91 Å². The van der Waals surface area contributed by atoms with Crippen LogP contribution in [-0.2, 0) is 11.3 Å². The highest BCUT2D eigenvalue weighted by molar-refractivity contribution is 7.09. The summed E-state index contributed by atoms with van der Waals surface area (Å²) < 4.78 is 4.97. The van der Waals surface area contributed by atoms with Gasteiger partial charge in [-0.2, -0.15) is 0 Å². The van der Waals surface area contributed by atoms with Crippen LogP contribution in [0.3, 0.4) is 0 Å². The molecule has 2 aromatic rings. The van der Waals surface area contributed by atoms with Crippen molar-refractivity contribution in [3.8, 4) is 11.5 Å². The quantitative estimate of drug-likeness (QED) is 0.862. The lowest BCUT2D eigenvalue weighted by Gasteiger charge is -2.12. The summed E-state index contributed by atoms with van der Waals surface area (Å²) in [5.41, 5.74) is 0.726. The van der Waals surface area contributed by atoms with Crippen molar-refractivity contribution < 1.29 is 14.6 Å². The number of carbonyl (C=O) groups excluding carboxylic acids is 1. The van der Waals surface area contributed by atoms with Gasteiger partial charge in [0.1, 0.15) is 5.01 Å².